The van der Waals surface area contributed by atoms with Gasteiger partial charge in [-0.05, 0) is 13.8 Å². The average molecular weight is 285 g/mol. The third kappa shape index (κ3) is 3.75. The van der Waals surface area contributed by atoms with Crippen LogP contribution in [0.15, 0.2) is 30.3 Å². The van der Waals surface area contributed by atoms with Crippen molar-refractivity contribution in [3.63, 3.8) is 0 Å². The summed E-state index contributed by atoms with van der Waals surface area (Å²) in [4.78, 5) is 26.7. The van der Waals surface area contributed by atoms with E-state index in [1.54, 1.807) is 12.1 Å². The third-order valence-corrected chi connectivity index (χ3v) is 3.15. The molecule has 21 heavy (non-hydrogen) atoms. The van der Waals surface area contributed by atoms with Crippen LogP contribution in [0.5, 0.6) is 0 Å². The fourth-order valence-corrected chi connectivity index (χ4v) is 2.02. The Morgan fingerprint density at radius 2 is 1.76 bits per heavy atom. The van der Waals surface area contributed by atoms with Crippen molar-refractivity contribution >= 4 is 17.7 Å². The van der Waals surface area contributed by atoms with Crippen molar-refractivity contribution in [2.75, 3.05) is 23.7 Å². The summed E-state index contributed by atoms with van der Waals surface area (Å²) < 4.78 is 0. The fourth-order valence-electron chi connectivity index (χ4n) is 2.02. The van der Waals surface area contributed by atoms with Crippen LogP contribution in [0.2, 0.25) is 0 Å². The monoisotopic (exact) mass is 285 g/mol. The number of benzene rings is 1. The van der Waals surface area contributed by atoms with Crippen LogP contribution in [0.4, 0.5) is 11.9 Å². The van der Waals surface area contributed by atoms with Gasteiger partial charge in [0.25, 0.3) is 0 Å². The zero-order chi connectivity index (χ0) is 15.2. The third-order valence-electron chi connectivity index (χ3n) is 3.15. The molecule has 2 rings (SSSR count). The molecule has 0 aliphatic rings. The maximum Gasteiger partial charge on any atom is 0.230 e. The van der Waals surface area contributed by atoms with Crippen LogP contribution in [0.25, 0.3) is 0 Å². The van der Waals surface area contributed by atoms with Crippen LogP contribution in [0.3, 0.4) is 0 Å². The van der Waals surface area contributed by atoms with Crippen molar-refractivity contribution in [3.05, 3.63) is 41.7 Å². The molecule has 110 valence electrons. The molecule has 2 N–H and O–H groups in total. The van der Waals surface area contributed by atoms with Crippen LogP contribution in [-0.4, -0.2) is 33.8 Å². The van der Waals surface area contributed by atoms with Gasteiger partial charge in [-0.2, -0.15) is 15.0 Å². The molecule has 0 spiro atoms. The van der Waals surface area contributed by atoms with Crippen LogP contribution < -0.4 is 10.6 Å². The zero-order valence-electron chi connectivity index (χ0n) is 12.3. The van der Waals surface area contributed by atoms with Gasteiger partial charge in [-0.15, -0.1) is 0 Å². The summed E-state index contributed by atoms with van der Waals surface area (Å²) in [6, 6.07) is 9.08. The van der Waals surface area contributed by atoms with Crippen molar-refractivity contribution in [1.82, 2.24) is 15.0 Å². The molecule has 6 nitrogen and oxygen atoms in total. The van der Waals surface area contributed by atoms with E-state index in [9.17, 15) is 4.79 Å². The molecular formula is C15H19N5O. The minimum atomic E-state index is -0.0355. The molecule has 0 aliphatic heterocycles. The van der Waals surface area contributed by atoms with E-state index < -0.39 is 0 Å². The lowest BCUT2D eigenvalue weighted by Crippen LogP contribution is -2.25. The lowest BCUT2D eigenvalue weighted by atomic mass is 10.1. The smallest absolute Gasteiger partial charge is 0.230 e. The van der Waals surface area contributed by atoms with Crippen LogP contribution in [0, 0.1) is 0 Å². The van der Waals surface area contributed by atoms with E-state index in [-0.39, 0.29) is 18.2 Å². The minimum absolute atomic E-state index is 0.0355. The summed E-state index contributed by atoms with van der Waals surface area (Å²) in [7, 11) is 0. The molecule has 0 bridgehead atoms. The van der Waals surface area contributed by atoms with E-state index >= 15 is 0 Å². The first-order valence-corrected chi connectivity index (χ1v) is 6.97. The van der Waals surface area contributed by atoms with Crippen LogP contribution in [-0.2, 0) is 6.42 Å². The van der Waals surface area contributed by atoms with Crippen LogP contribution >= 0.6 is 0 Å². The van der Waals surface area contributed by atoms with Gasteiger partial charge in [0.1, 0.15) is 5.82 Å². The first-order valence-electron chi connectivity index (χ1n) is 6.97. The molecule has 0 saturated heterocycles. The highest BCUT2D eigenvalue weighted by atomic mass is 16.1. The van der Waals surface area contributed by atoms with Gasteiger partial charge in [0.2, 0.25) is 11.9 Å². The normalized spacial score (nSPS) is 10.4. The number of nitrogen functional groups attached to an aromatic ring is 1. The number of carbonyl (C=O) groups excluding carboxylic acids is 1. The van der Waals surface area contributed by atoms with E-state index in [1.165, 1.54) is 0 Å². The first-order chi connectivity index (χ1) is 10.1. The number of nitrogens with two attached hydrogens (primary N) is 1. The Morgan fingerprint density at radius 1 is 1.10 bits per heavy atom. The van der Waals surface area contributed by atoms with Gasteiger partial charge in [0.15, 0.2) is 5.78 Å². The second-order valence-electron chi connectivity index (χ2n) is 4.55. The highest BCUT2D eigenvalue weighted by Gasteiger charge is 2.13. The Kier molecular flexibility index (Phi) is 4.81. The molecule has 0 radical (unpaired) electrons. The largest absolute Gasteiger partial charge is 0.368 e. The van der Waals surface area contributed by atoms with E-state index in [4.69, 9.17) is 5.73 Å². The van der Waals surface area contributed by atoms with Gasteiger partial charge in [-0.1, -0.05) is 30.3 Å². The molecule has 6 heteroatoms. The number of ketones is 1. The predicted octanol–water partition coefficient (Wildman–Crippen LogP) is 1.73. The second kappa shape index (κ2) is 6.78. The van der Waals surface area contributed by atoms with Gasteiger partial charge in [0, 0.05) is 18.7 Å². The Hall–Kier alpha value is -2.50. The number of rotatable bonds is 6. The maximum atomic E-state index is 12.2. The summed E-state index contributed by atoms with van der Waals surface area (Å²) >= 11 is 0. The standard InChI is InChI=1S/C15H19N5O/c1-3-20(4-2)15-18-13(17-14(16)19-15)10-12(21)11-8-6-5-7-9-11/h5-9H,3-4,10H2,1-2H3,(H2,16,17,18,19). The Balaban J connectivity index is 2.22. The van der Waals surface area contributed by atoms with Crippen molar-refractivity contribution in [2.24, 2.45) is 0 Å². The minimum Gasteiger partial charge on any atom is -0.368 e. The van der Waals surface area contributed by atoms with Crippen molar-refractivity contribution in [3.8, 4) is 0 Å². The first kappa shape index (κ1) is 14.9. The zero-order valence-corrected chi connectivity index (χ0v) is 12.3. The fraction of sp³-hybridized carbons (Fsp3) is 0.333. The molecule has 0 aliphatic carbocycles. The summed E-state index contributed by atoms with van der Waals surface area (Å²) in [5, 5.41) is 0. The Morgan fingerprint density at radius 3 is 2.38 bits per heavy atom. The molecule has 1 aromatic carbocycles. The molecule has 0 atom stereocenters. The quantitative estimate of drug-likeness (QED) is 0.813. The van der Waals surface area contributed by atoms with Crippen molar-refractivity contribution < 1.29 is 4.79 Å². The van der Waals surface area contributed by atoms with Gasteiger partial charge in [-0.25, -0.2) is 0 Å². The number of carbonyl (C=O) groups is 1. The predicted molar refractivity (Wildman–Crippen MR) is 82.3 cm³/mol. The van der Waals surface area contributed by atoms with E-state index in [0.717, 1.165) is 13.1 Å². The van der Waals surface area contributed by atoms with Gasteiger partial charge < -0.3 is 10.6 Å². The van der Waals surface area contributed by atoms with Crippen molar-refractivity contribution in [1.29, 1.82) is 0 Å². The molecule has 0 fully saturated rings. The molecule has 1 aromatic heterocycles. The number of anilines is 2. The number of nitrogens with zero attached hydrogens (tertiary/aromatic N) is 4. The molecular weight excluding hydrogens is 266 g/mol. The molecule has 0 saturated carbocycles. The van der Waals surface area contributed by atoms with E-state index in [0.29, 0.717) is 17.3 Å². The van der Waals surface area contributed by atoms with E-state index in [2.05, 4.69) is 15.0 Å². The highest BCUT2D eigenvalue weighted by molar-refractivity contribution is 5.97. The Bertz CT molecular complexity index is 611. The lowest BCUT2D eigenvalue weighted by molar-refractivity contribution is 0.0991. The molecule has 0 unspecified atom stereocenters. The highest BCUT2D eigenvalue weighted by Crippen LogP contribution is 2.11. The Labute approximate surface area is 124 Å². The number of hydrogen-bond acceptors (Lipinski definition) is 6. The number of aromatic nitrogens is 3. The van der Waals surface area contributed by atoms with Crippen LogP contribution in [0.1, 0.15) is 30.0 Å². The lowest BCUT2D eigenvalue weighted by Gasteiger charge is -2.18. The van der Waals surface area contributed by atoms with E-state index in [1.807, 2.05) is 36.9 Å². The summed E-state index contributed by atoms with van der Waals surface area (Å²) in [6.45, 7) is 5.56. The molecule has 0 amide bonds. The SMILES string of the molecule is CCN(CC)c1nc(N)nc(CC(=O)c2ccccc2)n1. The maximum absolute atomic E-state index is 12.2. The number of Topliss-reactive ketones (excluding diaryl/α,β-unsaturated/α-hetero) is 1. The van der Waals surface area contributed by atoms with Crippen molar-refractivity contribution in [2.45, 2.75) is 20.3 Å². The molecule has 1 heterocycles. The summed E-state index contributed by atoms with van der Waals surface area (Å²) in [5.41, 5.74) is 6.36. The van der Waals surface area contributed by atoms with Gasteiger partial charge in [-0.3, -0.25) is 4.79 Å². The topological polar surface area (TPSA) is 85.0 Å². The summed E-state index contributed by atoms with van der Waals surface area (Å²) in [6.07, 6.45) is 0.116. The van der Waals surface area contributed by atoms with Gasteiger partial charge >= 0.3 is 0 Å². The second-order valence-corrected chi connectivity index (χ2v) is 4.55. The number of hydrogen-bond donors (Lipinski definition) is 1. The molecule has 2 aromatic rings. The average Bonchev–Trinajstić information content (AvgIpc) is 2.49. The van der Waals surface area contributed by atoms with Gasteiger partial charge in [0.05, 0.1) is 6.42 Å². The summed E-state index contributed by atoms with van der Waals surface area (Å²) in [5.74, 6) is 1.02.